The minimum atomic E-state index is -0.372. The molecule has 1 aliphatic carbocycles. The van der Waals surface area contributed by atoms with Crippen molar-refractivity contribution in [3.05, 3.63) is 80.9 Å². The summed E-state index contributed by atoms with van der Waals surface area (Å²) in [6.45, 7) is 6.38. The Morgan fingerprint density at radius 2 is 1.73 bits per heavy atom. The van der Waals surface area contributed by atoms with Gasteiger partial charge in [-0.2, -0.15) is 5.10 Å². The van der Waals surface area contributed by atoms with Gasteiger partial charge in [0.1, 0.15) is 17.0 Å². The molecule has 0 bridgehead atoms. The van der Waals surface area contributed by atoms with E-state index in [1.807, 2.05) is 24.3 Å². The Morgan fingerprint density at radius 1 is 1.05 bits per heavy atom. The third-order valence-corrected chi connectivity index (χ3v) is 7.45. The SMILES string of the molecule is CC(C)(C)c1ccc(C(=O)Nn2c(CC3CCCCC3)nc3c(-c4ccc(Cl)cc4)n[nH]c3c2=O)cc1. The summed E-state index contributed by atoms with van der Waals surface area (Å²) < 4.78 is 1.31. The van der Waals surface area contributed by atoms with Gasteiger partial charge in [0.25, 0.3) is 11.5 Å². The fraction of sp³-hybridized carbons (Fsp3) is 0.379. The van der Waals surface area contributed by atoms with Crippen molar-refractivity contribution in [1.82, 2.24) is 19.9 Å². The largest absolute Gasteiger partial charge is 0.298 e. The lowest BCUT2D eigenvalue weighted by atomic mass is 9.86. The first-order valence-electron chi connectivity index (χ1n) is 12.9. The van der Waals surface area contributed by atoms with E-state index >= 15 is 0 Å². The van der Waals surface area contributed by atoms with Crippen molar-refractivity contribution in [2.75, 3.05) is 5.43 Å². The number of nitrogens with one attached hydrogen (secondary N) is 2. The van der Waals surface area contributed by atoms with Crippen molar-refractivity contribution in [2.45, 2.75) is 64.7 Å². The molecule has 0 aliphatic heterocycles. The predicted octanol–water partition coefficient (Wildman–Crippen LogP) is 6.24. The van der Waals surface area contributed by atoms with Crippen LogP contribution in [-0.4, -0.2) is 25.8 Å². The molecule has 1 amide bonds. The van der Waals surface area contributed by atoms with Crippen LogP contribution in [0.25, 0.3) is 22.3 Å². The van der Waals surface area contributed by atoms with E-state index in [4.69, 9.17) is 16.6 Å². The van der Waals surface area contributed by atoms with E-state index in [-0.39, 0.29) is 22.4 Å². The normalized spacial score (nSPS) is 14.7. The summed E-state index contributed by atoms with van der Waals surface area (Å²) in [5.41, 5.74) is 6.20. The summed E-state index contributed by atoms with van der Waals surface area (Å²) in [6.07, 6.45) is 6.37. The number of amides is 1. The van der Waals surface area contributed by atoms with Gasteiger partial charge in [-0.05, 0) is 41.2 Å². The molecule has 2 heterocycles. The van der Waals surface area contributed by atoms with Gasteiger partial charge in [0, 0.05) is 22.6 Å². The highest BCUT2D eigenvalue weighted by Crippen LogP contribution is 2.29. The Hall–Kier alpha value is -3.45. The maximum atomic E-state index is 13.7. The smallest absolute Gasteiger partial charge is 0.270 e. The standard InChI is InChI=1S/C29H32ClN5O2/c1-29(2,3)21-13-9-20(10-14-21)27(36)34-35-23(17-18-7-5-4-6-8-18)31-25-24(32-33-26(25)28(35)37)19-11-15-22(30)16-12-19/h9-16,18H,4-8,17H2,1-3H3,(H,32,33)(H,34,36). The molecular weight excluding hydrogens is 486 g/mol. The van der Waals surface area contributed by atoms with Gasteiger partial charge in [0.15, 0.2) is 5.52 Å². The minimum Gasteiger partial charge on any atom is -0.270 e. The molecule has 4 aromatic rings. The zero-order valence-corrected chi connectivity index (χ0v) is 22.2. The number of hydrogen-bond donors (Lipinski definition) is 2. The molecule has 0 saturated heterocycles. The second-order valence-corrected chi connectivity index (χ2v) is 11.4. The number of carbonyl (C=O) groups excluding carboxylic acids is 1. The van der Waals surface area contributed by atoms with Crippen molar-refractivity contribution in [1.29, 1.82) is 0 Å². The number of aromatic nitrogens is 4. The molecule has 5 rings (SSSR count). The highest BCUT2D eigenvalue weighted by Gasteiger charge is 2.23. The van der Waals surface area contributed by atoms with Crippen LogP contribution >= 0.6 is 11.6 Å². The summed E-state index contributed by atoms with van der Waals surface area (Å²) in [5, 5.41) is 7.87. The molecule has 0 radical (unpaired) electrons. The summed E-state index contributed by atoms with van der Waals surface area (Å²) >= 11 is 6.06. The van der Waals surface area contributed by atoms with Crippen molar-refractivity contribution in [3.8, 4) is 11.3 Å². The fourth-order valence-corrected chi connectivity index (χ4v) is 5.13. The predicted molar refractivity (Wildman–Crippen MR) is 148 cm³/mol. The van der Waals surface area contributed by atoms with Crippen molar-refractivity contribution in [3.63, 3.8) is 0 Å². The van der Waals surface area contributed by atoms with Gasteiger partial charge < -0.3 is 0 Å². The van der Waals surface area contributed by atoms with Crippen molar-refractivity contribution < 1.29 is 4.79 Å². The van der Waals surface area contributed by atoms with Crippen molar-refractivity contribution >= 4 is 28.5 Å². The van der Waals surface area contributed by atoms with E-state index in [1.54, 1.807) is 24.3 Å². The molecule has 37 heavy (non-hydrogen) atoms. The molecule has 0 spiro atoms. The number of H-pyrrole nitrogens is 1. The lowest BCUT2D eigenvalue weighted by Crippen LogP contribution is -2.37. The monoisotopic (exact) mass is 517 g/mol. The van der Waals surface area contributed by atoms with Crippen LogP contribution in [0.5, 0.6) is 0 Å². The minimum absolute atomic E-state index is 0.0174. The molecule has 8 heteroatoms. The average Bonchev–Trinajstić information content (AvgIpc) is 3.31. The summed E-state index contributed by atoms with van der Waals surface area (Å²) in [5.74, 6) is 0.602. The van der Waals surface area contributed by atoms with Gasteiger partial charge in [0.2, 0.25) is 0 Å². The van der Waals surface area contributed by atoms with Crippen LogP contribution in [0.1, 0.15) is 74.6 Å². The van der Waals surface area contributed by atoms with E-state index in [1.165, 1.54) is 23.9 Å². The van der Waals surface area contributed by atoms with E-state index in [0.717, 1.165) is 24.0 Å². The number of benzene rings is 2. The Bertz CT molecular complexity index is 1470. The molecule has 0 atom stereocenters. The lowest BCUT2D eigenvalue weighted by molar-refractivity contribution is 0.101. The third kappa shape index (κ3) is 5.32. The Labute approximate surface area is 221 Å². The molecule has 2 aromatic heterocycles. The number of aromatic amines is 1. The Balaban J connectivity index is 1.55. The second kappa shape index (κ2) is 10.1. The molecule has 1 aliphatic rings. The number of halogens is 1. The summed E-state index contributed by atoms with van der Waals surface area (Å²) in [6, 6.07) is 14.8. The number of nitrogens with zero attached hydrogens (tertiary/aromatic N) is 3. The van der Waals surface area contributed by atoms with Crippen LogP contribution in [0.3, 0.4) is 0 Å². The van der Waals surface area contributed by atoms with E-state index < -0.39 is 0 Å². The van der Waals surface area contributed by atoms with Gasteiger partial charge in [-0.3, -0.25) is 20.1 Å². The van der Waals surface area contributed by atoms with Gasteiger partial charge in [-0.25, -0.2) is 9.66 Å². The maximum absolute atomic E-state index is 13.7. The highest BCUT2D eigenvalue weighted by atomic mass is 35.5. The van der Waals surface area contributed by atoms with E-state index in [2.05, 4.69) is 36.4 Å². The zero-order chi connectivity index (χ0) is 26.2. The third-order valence-electron chi connectivity index (χ3n) is 7.20. The van der Waals surface area contributed by atoms with Crippen LogP contribution in [0.2, 0.25) is 5.02 Å². The molecule has 1 fully saturated rings. The Kier molecular flexibility index (Phi) is 6.90. The first kappa shape index (κ1) is 25.2. The lowest BCUT2D eigenvalue weighted by Gasteiger charge is -2.23. The van der Waals surface area contributed by atoms with Crippen molar-refractivity contribution in [2.24, 2.45) is 5.92 Å². The highest BCUT2D eigenvalue weighted by molar-refractivity contribution is 6.30. The van der Waals surface area contributed by atoms with E-state index in [0.29, 0.717) is 40.0 Å². The molecule has 7 nitrogen and oxygen atoms in total. The van der Waals surface area contributed by atoms with Crippen LogP contribution in [0.15, 0.2) is 53.3 Å². The number of hydrogen-bond acceptors (Lipinski definition) is 4. The molecule has 192 valence electrons. The second-order valence-electron chi connectivity index (χ2n) is 10.9. The van der Waals surface area contributed by atoms with Crippen LogP contribution in [-0.2, 0) is 11.8 Å². The fourth-order valence-electron chi connectivity index (χ4n) is 5.00. The van der Waals surface area contributed by atoms with E-state index in [9.17, 15) is 9.59 Å². The molecule has 1 saturated carbocycles. The summed E-state index contributed by atoms with van der Waals surface area (Å²) in [4.78, 5) is 31.8. The van der Waals surface area contributed by atoms with Gasteiger partial charge in [-0.1, -0.05) is 88.7 Å². The molecule has 2 N–H and O–H groups in total. The molecule has 0 unspecified atom stereocenters. The first-order valence-corrected chi connectivity index (χ1v) is 13.3. The number of fused-ring (bicyclic) bond motifs is 1. The van der Waals surface area contributed by atoms with Crippen LogP contribution in [0, 0.1) is 5.92 Å². The topological polar surface area (TPSA) is 92.7 Å². The number of carbonyl (C=O) groups is 1. The zero-order valence-electron chi connectivity index (χ0n) is 21.5. The quantitative estimate of drug-likeness (QED) is 0.327. The summed E-state index contributed by atoms with van der Waals surface area (Å²) in [7, 11) is 0. The first-order chi connectivity index (χ1) is 17.7. The van der Waals surface area contributed by atoms with Crippen LogP contribution < -0.4 is 11.0 Å². The maximum Gasteiger partial charge on any atom is 0.298 e. The average molecular weight is 518 g/mol. The molecular formula is C29H32ClN5O2. The Morgan fingerprint density at radius 3 is 2.38 bits per heavy atom. The van der Waals surface area contributed by atoms with Gasteiger partial charge >= 0.3 is 0 Å². The molecule has 2 aromatic carbocycles. The van der Waals surface area contributed by atoms with Crippen LogP contribution in [0.4, 0.5) is 0 Å². The van der Waals surface area contributed by atoms with Gasteiger partial charge in [0.05, 0.1) is 0 Å². The van der Waals surface area contributed by atoms with Gasteiger partial charge in [-0.15, -0.1) is 0 Å². The number of rotatable bonds is 5.